The van der Waals surface area contributed by atoms with Crippen LogP contribution in [-0.2, 0) is 14.9 Å². The maximum atomic E-state index is 13.6. The molecule has 3 amide bonds. The first-order valence-corrected chi connectivity index (χ1v) is 11.8. The Morgan fingerprint density at radius 2 is 1.67 bits per heavy atom. The van der Waals surface area contributed by atoms with Crippen molar-refractivity contribution in [1.29, 1.82) is 0 Å². The van der Waals surface area contributed by atoms with E-state index in [1.165, 1.54) is 4.90 Å². The fourth-order valence-corrected chi connectivity index (χ4v) is 5.40. The van der Waals surface area contributed by atoms with Gasteiger partial charge < -0.3 is 4.90 Å². The monoisotopic (exact) mass is 464 g/mol. The summed E-state index contributed by atoms with van der Waals surface area (Å²) in [5.74, 6) is -1.84. The van der Waals surface area contributed by atoms with Crippen LogP contribution in [0.1, 0.15) is 38.8 Å². The van der Waals surface area contributed by atoms with Gasteiger partial charge >= 0.3 is 0 Å². The normalized spacial score (nSPS) is 18.2. The molecule has 3 aromatic rings. The van der Waals surface area contributed by atoms with E-state index in [2.05, 4.69) is 0 Å². The predicted molar refractivity (Wildman–Crippen MR) is 122 cm³/mol. The fraction of sp³-hybridized carbons (Fsp3) is 0.208. The van der Waals surface area contributed by atoms with E-state index >= 15 is 0 Å². The van der Waals surface area contributed by atoms with Gasteiger partial charge in [0.1, 0.15) is 4.90 Å². The summed E-state index contributed by atoms with van der Waals surface area (Å²) >= 11 is 0. The van der Waals surface area contributed by atoms with Crippen LogP contribution in [-0.4, -0.2) is 37.2 Å². The Labute approximate surface area is 190 Å². The Bertz CT molecular complexity index is 1530. The van der Waals surface area contributed by atoms with E-state index < -0.39 is 26.8 Å². The lowest BCUT2D eigenvalue weighted by atomic mass is 9.90. The zero-order valence-electron chi connectivity index (χ0n) is 18.1. The van der Waals surface area contributed by atoms with Gasteiger partial charge in [-0.1, -0.05) is 36.8 Å². The quantitative estimate of drug-likeness (QED) is 0.361. The molecule has 0 spiro atoms. The highest BCUT2D eigenvalue weighted by molar-refractivity contribution is 7.86. The van der Waals surface area contributed by atoms with Crippen LogP contribution < -0.4 is 9.80 Å². The minimum absolute atomic E-state index is 0.0123. The molecular weight excluding hydrogens is 444 g/mol. The molecule has 5 rings (SSSR count). The molecule has 1 saturated heterocycles. The van der Waals surface area contributed by atoms with Crippen molar-refractivity contribution < 1.29 is 27.4 Å². The molecular formula is C24H20N2O6S. The number of benzene rings is 3. The number of imide groups is 1. The molecule has 33 heavy (non-hydrogen) atoms. The molecule has 9 heteroatoms. The third kappa shape index (κ3) is 3.00. The van der Waals surface area contributed by atoms with Crippen molar-refractivity contribution in [3.8, 4) is 0 Å². The molecule has 1 atom stereocenters. The number of carbonyl (C=O) groups is 3. The van der Waals surface area contributed by atoms with Crippen LogP contribution in [0.5, 0.6) is 0 Å². The highest BCUT2D eigenvalue weighted by Gasteiger charge is 2.42. The van der Waals surface area contributed by atoms with Crippen molar-refractivity contribution in [2.24, 2.45) is 5.92 Å². The molecule has 8 nitrogen and oxygen atoms in total. The summed E-state index contributed by atoms with van der Waals surface area (Å²) in [6.45, 7) is 5.65. The molecule has 1 unspecified atom stereocenters. The molecule has 0 aliphatic carbocycles. The Kier molecular flexibility index (Phi) is 4.50. The van der Waals surface area contributed by atoms with Crippen molar-refractivity contribution >= 4 is 50.0 Å². The molecule has 2 aliphatic rings. The zero-order valence-corrected chi connectivity index (χ0v) is 18.9. The number of carbonyl (C=O) groups excluding carboxylic acids is 3. The van der Waals surface area contributed by atoms with E-state index in [-0.39, 0.29) is 46.0 Å². The van der Waals surface area contributed by atoms with Gasteiger partial charge in [0.25, 0.3) is 21.9 Å². The molecule has 0 radical (unpaired) electrons. The third-order valence-electron chi connectivity index (χ3n) is 6.25. The summed E-state index contributed by atoms with van der Waals surface area (Å²) in [7, 11) is -4.79. The SMILES string of the molecule is Cc1ccc(N2C(=O)c3cccc4c(N5CC(C)C5=O)c(S(=O)(=O)O)cc(c34)C2=O)c(C)c1. The molecule has 1 fully saturated rings. The summed E-state index contributed by atoms with van der Waals surface area (Å²) in [4.78, 5) is 41.3. The van der Waals surface area contributed by atoms with Crippen LogP contribution in [0.2, 0.25) is 0 Å². The van der Waals surface area contributed by atoms with Gasteiger partial charge in [-0.15, -0.1) is 0 Å². The predicted octanol–water partition coefficient (Wildman–Crippen LogP) is 3.49. The average Bonchev–Trinajstić information content (AvgIpc) is 2.75. The van der Waals surface area contributed by atoms with Crippen LogP contribution in [0.15, 0.2) is 47.4 Å². The smallest absolute Gasteiger partial charge is 0.296 e. The van der Waals surface area contributed by atoms with E-state index in [0.29, 0.717) is 11.3 Å². The Morgan fingerprint density at radius 1 is 0.970 bits per heavy atom. The molecule has 168 valence electrons. The Balaban J connectivity index is 1.83. The number of amides is 3. The van der Waals surface area contributed by atoms with Crippen LogP contribution in [0.25, 0.3) is 10.8 Å². The minimum atomic E-state index is -4.79. The first kappa shape index (κ1) is 21.3. The maximum Gasteiger partial charge on any atom is 0.296 e. The second-order valence-electron chi connectivity index (χ2n) is 8.56. The average molecular weight is 464 g/mol. The van der Waals surface area contributed by atoms with Gasteiger partial charge in [-0.2, -0.15) is 8.42 Å². The van der Waals surface area contributed by atoms with Gasteiger partial charge in [-0.25, -0.2) is 4.90 Å². The van der Waals surface area contributed by atoms with Gasteiger partial charge in [0.05, 0.1) is 22.9 Å². The second-order valence-corrected chi connectivity index (χ2v) is 9.95. The number of aryl methyl sites for hydroxylation is 2. The number of hydrogen-bond donors (Lipinski definition) is 1. The van der Waals surface area contributed by atoms with Gasteiger partial charge in [0.2, 0.25) is 5.91 Å². The number of β-lactam (4-membered cyclic amide) rings is 1. The topological polar surface area (TPSA) is 112 Å². The summed E-state index contributed by atoms with van der Waals surface area (Å²) < 4.78 is 34.7. The van der Waals surface area contributed by atoms with Crippen LogP contribution >= 0.6 is 0 Å². The van der Waals surface area contributed by atoms with E-state index in [0.717, 1.165) is 16.5 Å². The molecule has 1 N–H and O–H groups in total. The summed E-state index contributed by atoms with van der Waals surface area (Å²) in [5.41, 5.74) is 2.23. The molecule has 0 aromatic heterocycles. The fourth-order valence-electron chi connectivity index (χ4n) is 4.67. The van der Waals surface area contributed by atoms with Crippen LogP contribution in [0.4, 0.5) is 11.4 Å². The third-order valence-corrected chi connectivity index (χ3v) is 7.12. The molecule has 2 aliphatic heterocycles. The lowest BCUT2D eigenvalue weighted by Gasteiger charge is -2.38. The van der Waals surface area contributed by atoms with Crippen LogP contribution in [0, 0.1) is 19.8 Å². The van der Waals surface area contributed by atoms with Crippen molar-refractivity contribution in [1.82, 2.24) is 0 Å². The first-order chi connectivity index (χ1) is 15.5. The van der Waals surface area contributed by atoms with Crippen molar-refractivity contribution in [3.63, 3.8) is 0 Å². The van der Waals surface area contributed by atoms with Gasteiger partial charge in [-0.05, 0) is 37.6 Å². The number of hydrogen-bond acceptors (Lipinski definition) is 5. The van der Waals surface area contributed by atoms with E-state index in [1.54, 1.807) is 44.2 Å². The lowest BCUT2D eigenvalue weighted by Crippen LogP contribution is -2.52. The Morgan fingerprint density at radius 3 is 2.27 bits per heavy atom. The first-order valence-electron chi connectivity index (χ1n) is 10.4. The summed E-state index contributed by atoms with van der Waals surface area (Å²) in [6.07, 6.45) is 0. The van der Waals surface area contributed by atoms with Crippen molar-refractivity contribution in [2.75, 3.05) is 16.3 Å². The van der Waals surface area contributed by atoms with E-state index in [4.69, 9.17) is 0 Å². The molecule has 0 bridgehead atoms. The lowest BCUT2D eigenvalue weighted by molar-refractivity contribution is -0.126. The highest BCUT2D eigenvalue weighted by Crippen LogP contribution is 2.43. The van der Waals surface area contributed by atoms with Gasteiger partial charge in [0, 0.05) is 22.9 Å². The Hall–Kier alpha value is -3.56. The molecule has 2 heterocycles. The van der Waals surface area contributed by atoms with Crippen molar-refractivity contribution in [2.45, 2.75) is 25.7 Å². The number of anilines is 2. The summed E-state index contributed by atoms with van der Waals surface area (Å²) in [5, 5.41) is 0.517. The minimum Gasteiger partial charge on any atom is -0.309 e. The molecule has 3 aromatic carbocycles. The second kappa shape index (κ2) is 6.97. The largest absolute Gasteiger partial charge is 0.309 e. The number of nitrogens with zero attached hydrogens (tertiary/aromatic N) is 2. The van der Waals surface area contributed by atoms with Gasteiger partial charge in [0.15, 0.2) is 0 Å². The van der Waals surface area contributed by atoms with Crippen LogP contribution in [0.3, 0.4) is 0 Å². The maximum absolute atomic E-state index is 13.6. The standard InChI is InChI=1S/C24H20N2O6S/c1-12-7-8-18(13(2)9-12)26-23(28)16-6-4-5-15-20(16)17(24(26)29)10-19(33(30,31)32)21(15)25-11-14(3)22(25)27/h4-10,14H,11H2,1-3H3,(H,30,31,32). The number of rotatable bonds is 3. The van der Waals surface area contributed by atoms with E-state index in [9.17, 15) is 27.4 Å². The van der Waals surface area contributed by atoms with E-state index in [1.807, 2.05) is 13.0 Å². The highest BCUT2D eigenvalue weighted by atomic mass is 32.2. The summed E-state index contributed by atoms with van der Waals surface area (Å²) in [6, 6.07) is 11.0. The zero-order chi connectivity index (χ0) is 23.8. The molecule has 0 saturated carbocycles. The van der Waals surface area contributed by atoms with Gasteiger partial charge in [-0.3, -0.25) is 18.9 Å². The van der Waals surface area contributed by atoms with Crippen molar-refractivity contribution in [3.05, 3.63) is 64.7 Å².